The Morgan fingerprint density at radius 1 is 0.852 bits per heavy atom. The minimum absolute atomic E-state index is 0.183. The molecule has 0 bridgehead atoms. The lowest BCUT2D eigenvalue weighted by molar-refractivity contribution is -0.113. The van der Waals surface area contributed by atoms with Gasteiger partial charge in [-0.05, 0) is 34.9 Å². The van der Waals surface area contributed by atoms with Gasteiger partial charge in [0.1, 0.15) is 5.82 Å². The molecule has 27 heavy (non-hydrogen) atoms. The first kappa shape index (κ1) is 17.6. The van der Waals surface area contributed by atoms with E-state index in [1.807, 2.05) is 42.5 Å². The number of nitrogens with zero attached hydrogens (tertiary/aromatic N) is 1. The maximum absolute atomic E-state index is 14.1. The summed E-state index contributed by atoms with van der Waals surface area (Å²) in [7, 11) is 0. The molecule has 3 aromatic carbocycles. The van der Waals surface area contributed by atoms with Crippen LogP contribution in [0, 0.1) is 5.82 Å². The fourth-order valence-electron chi connectivity index (χ4n) is 2.86. The fraction of sp³-hybridized carbons (Fsp3) is 0. The van der Waals surface area contributed by atoms with Crippen LogP contribution >= 0.6 is 24.0 Å². The summed E-state index contributed by atoms with van der Waals surface area (Å²) in [6.45, 7) is 0. The van der Waals surface area contributed by atoms with E-state index in [0.717, 1.165) is 16.7 Å². The summed E-state index contributed by atoms with van der Waals surface area (Å²) in [5, 5.41) is 0. The second-order valence-corrected chi connectivity index (χ2v) is 7.63. The summed E-state index contributed by atoms with van der Waals surface area (Å²) in [4.78, 5) is 14.5. The average Bonchev–Trinajstić information content (AvgIpc) is 2.97. The Hall–Kier alpha value is -2.76. The molecule has 0 unspecified atom stereocenters. The first-order chi connectivity index (χ1) is 13.1. The van der Waals surface area contributed by atoms with Gasteiger partial charge in [-0.25, -0.2) is 4.39 Å². The van der Waals surface area contributed by atoms with E-state index in [9.17, 15) is 9.18 Å². The number of anilines is 1. The standard InChI is InChI=1S/C22H14FNOS2/c23-18-8-4-5-9-19(18)24-21(25)20(27-22(24)26)14-15-10-12-17(13-11-15)16-6-2-1-3-7-16/h1-14H/b20-14+. The van der Waals surface area contributed by atoms with E-state index in [2.05, 4.69) is 12.1 Å². The number of carbonyl (C=O) groups excluding carboxylic acids is 1. The molecule has 0 aliphatic carbocycles. The predicted octanol–water partition coefficient (Wildman–Crippen LogP) is 5.90. The Morgan fingerprint density at radius 2 is 1.48 bits per heavy atom. The first-order valence-corrected chi connectivity index (χ1v) is 9.54. The topological polar surface area (TPSA) is 20.3 Å². The number of para-hydroxylation sites is 1. The highest BCUT2D eigenvalue weighted by atomic mass is 32.2. The van der Waals surface area contributed by atoms with Crippen LogP contribution in [0.5, 0.6) is 0 Å². The number of rotatable bonds is 3. The van der Waals surface area contributed by atoms with Crippen LogP contribution in [0.25, 0.3) is 17.2 Å². The van der Waals surface area contributed by atoms with Crippen molar-refractivity contribution in [3.05, 3.63) is 95.1 Å². The molecular formula is C22H14FNOS2. The van der Waals surface area contributed by atoms with E-state index in [0.29, 0.717) is 9.23 Å². The zero-order chi connectivity index (χ0) is 18.8. The van der Waals surface area contributed by atoms with E-state index in [-0.39, 0.29) is 11.6 Å². The van der Waals surface area contributed by atoms with Crippen molar-refractivity contribution in [3.8, 4) is 11.1 Å². The largest absolute Gasteiger partial charge is 0.270 e. The second kappa shape index (κ2) is 7.47. The lowest BCUT2D eigenvalue weighted by Gasteiger charge is -2.14. The molecule has 0 aromatic heterocycles. The molecule has 0 N–H and O–H groups in total. The van der Waals surface area contributed by atoms with Gasteiger partial charge in [-0.2, -0.15) is 0 Å². The highest BCUT2D eigenvalue weighted by Crippen LogP contribution is 2.37. The van der Waals surface area contributed by atoms with Crippen LogP contribution in [0.1, 0.15) is 5.56 Å². The van der Waals surface area contributed by atoms with E-state index >= 15 is 0 Å². The molecule has 0 radical (unpaired) electrons. The Bertz CT molecular complexity index is 1050. The Labute approximate surface area is 166 Å². The molecule has 1 amide bonds. The van der Waals surface area contributed by atoms with Crippen molar-refractivity contribution in [1.82, 2.24) is 0 Å². The van der Waals surface area contributed by atoms with Gasteiger partial charge in [0.2, 0.25) is 0 Å². The highest BCUT2D eigenvalue weighted by molar-refractivity contribution is 8.27. The lowest BCUT2D eigenvalue weighted by atomic mass is 10.0. The van der Waals surface area contributed by atoms with Gasteiger partial charge in [0.15, 0.2) is 4.32 Å². The molecule has 1 heterocycles. The van der Waals surface area contributed by atoms with Crippen molar-refractivity contribution >= 4 is 46.0 Å². The molecule has 5 heteroatoms. The summed E-state index contributed by atoms with van der Waals surface area (Å²) < 4.78 is 14.4. The van der Waals surface area contributed by atoms with Gasteiger partial charge >= 0.3 is 0 Å². The van der Waals surface area contributed by atoms with E-state index in [1.54, 1.807) is 24.3 Å². The molecule has 3 aromatic rings. The molecule has 2 nitrogen and oxygen atoms in total. The zero-order valence-corrected chi connectivity index (χ0v) is 15.8. The van der Waals surface area contributed by atoms with Gasteiger partial charge in [-0.3, -0.25) is 9.69 Å². The Kier molecular flexibility index (Phi) is 4.88. The number of hydrogen-bond donors (Lipinski definition) is 0. The van der Waals surface area contributed by atoms with Gasteiger partial charge in [-0.1, -0.05) is 90.7 Å². The molecule has 0 spiro atoms. The monoisotopic (exact) mass is 391 g/mol. The highest BCUT2D eigenvalue weighted by Gasteiger charge is 2.34. The van der Waals surface area contributed by atoms with Gasteiger partial charge in [0.05, 0.1) is 10.6 Å². The number of thiocarbonyl (C=S) groups is 1. The lowest BCUT2D eigenvalue weighted by Crippen LogP contribution is -2.28. The number of amides is 1. The van der Waals surface area contributed by atoms with Crippen LogP contribution < -0.4 is 4.90 Å². The van der Waals surface area contributed by atoms with Gasteiger partial charge in [0.25, 0.3) is 5.91 Å². The van der Waals surface area contributed by atoms with Crippen LogP contribution in [-0.4, -0.2) is 10.2 Å². The van der Waals surface area contributed by atoms with Crippen molar-refractivity contribution in [2.75, 3.05) is 4.90 Å². The molecule has 132 valence electrons. The van der Waals surface area contributed by atoms with Crippen LogP contribution in [0.3, 0.4) is 0 Å². The van der Waals surface area contributed by atoms with Gasteiger partial charge in [-0.15, -0.1) is 0 Å². The molecule has 4 rings (SSSR count). The van der Waals surface area contributed by atoms with E-state index in [1.165, 1.54) is 22.7 Å². The second-order valence-electron chi connectivity index (χ2n) is 5.96. The van der Waals surface area contributed by atoms with Crippen LogP contribution in [0.2, 0.25) is 0 Å². The third-order valence-electron chi connectivity index (χ3n) is 4.20. The maximum Gasteiger partial charge on any atom is 0.270 e. The van der Waals surface area contributed by atoms with Crippen LogP contribution in [0.4, 0.5) is 10.1 Å². The van der Waals surface area contributed by atoms with Gasteiger partial charge in [0, 0.05) is 0 Å². The normalized spacial score (nSPS) is 15.6. The third kappa shape index (κ3) is 3.56. The van der Waals surface area contributed by atoms with Crippen LogP contribution in [-0.2, 0) is 4.79 Å². The maximum atomic E-state index is 14.1. The molecule has 1 fully saturated rings. The minimum atomic E-state index is -0.470. The van der Waals surface area contributed by atoms with Crippen molar-refractivity contribution in [3.63, 3.8) is 0 Å². The molecule has 1 aliphatic rings. The van der Waals surface area contributed by atoms with Crippen molar-refractivity contribution in [2.45, 2.75) is 0 Å². The first-order valence-electron chi connectivity index (χ1n) is 8.31. The van der Waals surface area contributed by atoms with Crippen LogP contribution in [0.15, 0.2) is 83.8 Å². The molecule has 0 atom stereocenters. The summed E-state index contributed by atoms with van der Waals surface area (Å²) >= 11 is 6.48. The molecule has 0 saturated carbocycles. The number of benzene rings is 3. The number of carbonyl (C=O) groups is 1. The van der Waals surface area contributed by atoms with E-state index in [4.69, 9.17) is 12.2 Å². The third-order valence-corrected chi connectivity index (χ3v) is 5.50. The van der Waals surface area contributed by atoms with Crippen molar-refractivity contribution in [1.29, 1.82) is 0 Å². The molecular weight excluding hydrogens is 377 g/mol. The SMILES string of the molecule is O=C1/C(=C\c2ccc(-c3ccccc3)cc2)SC(=S)N1c1ccccc1F. The summed E-state index contributed by atoms with van der Waals surface area (Å²) in [5.74, 6) is -0.774. The molecule has 1 saturated heterocycles. The summed E-state index contributed by atoms with van der Waals surface area (Å²) in [6, 6.07) is 24.2. The number of thioether (sulfide) groups is 1. The van der Waals surface area contributed by atoms with Crippen molar-refractivity contribution in [2.24, 2.45) is 0 Å². The number of hydrogen-bond acceptors (Lipinski definition) is 3. The average molecular weight is 391 g/mol. The predicted molar refractivity (Wildman–Crippen MR) is 114 cm³/mol. The minimum Gasteiger partial charge on any atom is -0.268 e. The number of halogens is 1. The smallest absolute Gasteiger partial charge is 0.268 e. The quantitative estimate of drug-likeness (QED) is 0.410. The summed E-state index contributed by atoms with van der Waals surface area (Å²) in [6.07, 6.45) is 1.79. The Morgan fingerprint density at radius 3 is 2.19 bits per heavy atom. The van der Waals surface area contributed by atoms with E-state index < -0.39 is 5.82 Å². The zero-order valence-electron chi connectivity index (χ0n) is 14.1. The van der Waals surface area contributed by atoms with Crippen molar-refractivity contribution < 1.29 is 9.18 Å². The van der Waals surface area contributed by atoms with Gasteiger partial charge < -0.3 is 0 Å². The molecule has 1 aliphatic heterocycles. The Balaban J connectivity index is 1.61. The fourth-order valence-corrected chi connectivity index (χ4v) is 4.15. The summed E-state index contributed by atoms with van der Waals surface area (Å²) in [5.41, 5.74) is 3.31.